The molecule has 1 unspecified atom stereocenters. The first-order valence-electron chi connectivity index (χ1n) is 9.48. The van der Waals surface area contributed by atoms with E-state index in [0.29, 0.717) is 17.4 Å². The topological polar surface area (TPSA) is 66.8 Å². The molecule has 1 N–H and O–H groups in total. The third-order valence-electron chi connectivity index (χ3n) is 5.16. The largest absolute Gasteiger partial charge is 0.507 e. The highest BCUT2D eigenvalue weighted by Crippen LogP contribution is 2.44. The quantitative estimate of drug-likeness (QED) is 0.331. The second-order valence-corrected chi connectivity index (χ2v) is 7.43. The summed E-state index contributed by atoms with van der Waals surface area (Å²) in [5.41, 5.74) is -0.0567. The Bertz CT molecular complexity index is 1260. The molecule has 162 valence electrons. The number of aliphatic hydroxyl groups excluding tert-OH is 1. The van der Waals surface area contributed by atoms with Gasteiger partial charge in [-0.25, -0.2) is 8.78 Å². The lowest BCUT2D eigenvalue weighted by Crippen LogP contribution is -2.30. The zero-order chi connectivity index (χ0) is 23.0. The van der Waals surface area contributed by atoms with E-state index in [1.165, 1.54) is 19.2 Å². The Balaban J connectivity index is 1.99. The Morgan fingerprint density at radius 1 is 1.03 bits per heavy atom. The smallest absolute Gasteiger partial charge is 0.300 e. The molecule has 1 heterocycles. The second kappa shape index (κ2) is 8.43. The van der Waals surface area contributed by atoms with Crippen LogP contribution in [0.3, 0.4) is 0 Å². The Hall–Kier alpha value is -3.71. The number of rotatable bonds is 4. The predicted molar refractivity (Wildman–Crippen MR) is 116 cm³/mol. The summed E-state index contributed by atoms with van der Waals surface area (Å²) in [6, 6.07) is 14.3. The minimum Gasteiger partial charge on any atom is -0.507 e. The van der Waals surface area contributed by atoms with Gasteiger partial charge in [-0.3, -0.25) is 14.5 Å². The first-order valence-corrected chi connectivity index (χ1v) is 9.86. The van der Waals surface area contributed by atoms with Crippen molar-refractivity contribution in [2.75, 3.05) is 12.0 Å². The van der Waals surface area contributed by atoms with Gasteiger partial charge in [0.25, 0.3) is 11.7 Å². The predicted octanol–water partition coefficient (Wildman–Crippen LogP) is 5.25. The summed E-state index contributed by atoms with van der Waals surface area (Å²) in [5, 5.41) is 11.2. The Kier molecular flexibility index (Phi) is 5.67. The highest BCUT2D eigenvalue weighted by Gasteiger charge is 2.47. The van der Waals surface area contributed by atoms with Gasteiger partial charge in [0.1, 0.15) is 23.1 Å². The van der Waals surface area contributed by atoms with Crippen LogP contribution in [0.5, 0.6) is 5.75 Å². The van der Waals surface area contributed by atoms with Crippen LogP contribution in [0.15, 0.2) is 72.3 Å². The van der Waals surface area contributed by atoms with Crippen molar-refractivity contribution in [2.45, 2.75) is 6.04 Å². The van der Waals surface area contributed by atoms with E-state index in [1.54, 1.807) is 36.4 Å². The molecule has 0 aliphatic carbocycles. The van der Waals surface area contributed by atoms with Crippen molar-refractivity contribution >= 4 is 34.7 Å². The number of nitrogens with zero attached hydrogens (tertiary/aromatic N) is 1. The van der Waals surface area contributed by atoms with Gasteiger partial charge in [-0.15, -0.1) is 0 Å². The minimum atomic E-state index is -1.17. The zero-order valence-electron chi connectivity index (χ0n) is 16.7. The van der Waals surface area contributed by atoms with Crippen molar-refractivity contribution in [1.82, 2.24) is 0 Å². The molecule has 32 heavy (non-hydrogen) atoms. The standard InChI is InChI=1S/C24H16ClF2NO4/c1-32-15-8-9-17(25)16(12-15)22(29)20-21(13-5-3-2-4-6-13)28(24(31)23(20)30)19-10-7-14(26)11-18(19)27/h2-12,21,29H,1H3/b22-20+. The first kappa shape index (κ1) is 21.5. The van der Waals surface area contributed by atoms with Crippen molar-refractivity contribution in [3.63, 3.8) is 0 Å². The number of anilines is 1. The van der Waals surface area contributed by atoms with Gasteiger partial charge < -0.3 is 9.84 Å². The van der Waals surface area contributed by atoms with Crippen molar-refractivity contribution in [2.24, 2.45) is 0 Å². The van der Waals surface area contributed by atoms with Gasteiger partial charge in [-0.2, -0.15) is 0 Å². The molecule has 8 heteroatoms. The Morgan fingerprint density at radius 3 is 2.41 bits per heavy atom. The third kappa shape index (κ3) is 3.61. The van der Waals surface area contributed by atoms with Gasteiger partial charge in [0.15, 0.2) is 0 Å². The number of halogens is 3. The number of carbonyl (C=O) groups is 2. The zero-order valence-corrected chi connectivity index (χ0v) is 17.4. The average Bonchev–Trinajstić information content (AvgIpc) is 3.05. The van der Waals surface area contributed by atoms with Gasteiger partial charge in [0.05, 0.1) is 29.4 Å². The summed E-state index contributed by atoms with van der Waals surface area (Å²) in [6.07, 6.45) is 0. The summed E-state index contributed by atoms with van der Waals surface area (Å²) >= 11 is 6.24. The van der Waals surface area contributed by atoms with E-state index in [9.17, 15) is 23.5 Å². The number of amides is 1. The molecule has 3 aromatic rings. The maximum Gasteiger partial charge on any atom is 0.300 e. The highest BCUT2D eigenvalue weighted by molar-refractivity contribution is 6.52. The SMILES string of the molecule is COc1ccc(Cl)c(/C(O)=C2\C(=O)C(=O)N(c3ccc(F)cc3F)C2c2ccccc2)c1. The summed E-state index contributed by atoms with van der Waals surface area (Å²) in [7, 11) is 1.42. The van der Waals surface area contributed by atoms with E-state index in [4.69, 9.17) is 16.3 Å². The molecule has 0 radical (unpaired) electrons. The molecule has 1 saturated heterocycles. The molecule has 1 amide bonds. The number of benzene rings is 3. The van der Waals surface area contributed by atoms with Crippen LogP contribution in [0.25, 0.3) is 5.76 Å². The average molecular weight is 456 g/mol. The molecule has 0 spiro atoms. The molecule has 1 aliphatic rings. The normalized spacial score (nSPS) is 17.6. The van der Waals surface area contributed by atoms with Crippen molar-refractivity contribution in [3.8, 4) is 5.75 Å². The number of ether oxygens (including phenoxy) is 1. The summed E-state index contributed by atoms with van der Waals surface area (Å²) in [6.45, 7) is 0. The number of Topliss-reactive ketones (excluding diaryl/α,β-unsaturated/α-hetero) is 1. The molecule has 0 aromatic heterocycles. The number of methoxy groups -OCH3 is 1. The van der Waals surface area contributed by atoms with E-state index < -0.39 is 35.1 Å². The maximum absolute atomic E-state index is 14.6. The van der Waals surface area contributed by atoms with Crippen molar-refractivity contribution in [3.05, 3.63) is 100 Å². The van der Waals surface area contributed by atoms with Crippen LogP contribution >= 0.6 is 11.6 Å². The fourth-order valence-electron chi connectivity index (χ4n) is 3.67. The number of aliphatic hydroxyl groups is 1. The highest BCUT2D eigenvalue weighted by atomic mass is 35.5. The van der Waals surface area contributed by atoms with Gasteiger partial charge in [0.2, 0.25) is 0 Å². The molecule has 0 bridgehead atoms. The second-order valence-electron chi connectivity index (χ2n) is 7.02. The van der Waals surface area contributed by atoms with E-state index in [2.05, 4.69) is 0 Å². The van der Waals surface area contributed by atoms with Crippen LogP contribution in [0.1, 0.15) is 17.2 Å². The molecular weight excluding hydrogens is 440 g/mol. The van der Waals surface area contributed by atoms with Gasteiger partial charge in [0, 0.05) is 11.6 Å². The summed E-state index contributed by atoms with van der Waals surface area (Å²) in [4.78, 5) is 27.0. The number of hydrogen-bond donors (Lipinski definition) is 1. The Labute approximate surface area is 187 Å². The molecule has 1 aliphatic heterocycles. The van der Waals surface area contributed by atoms with E-state index in [0.717, 1.165) is 17.0 Å². The summed E-state index contributed by atoms with van der Waals surface area (Å²) in [5.74, 6) is -4.12. The fourth-order valence-corrected chi connectivity index (χ4v) is 3.87. The lowest BCUT2D eigenvalue weighted by atomic mass is 9.95. The molecule has 3 aromatic carbocycles. The number of ketones is 1. The van der Waals surface area contributed by atoms with E-state index in [1.807, 2.05) is 0 Å². The molecule has 5 nitrogen and oxygen atoms in total. The fraction of sp³-hybridized carbons (Fsp3) is 0.0833. The summed E-state index contributed by atoms with van der Waals surface area (Å²) < 4.78 is 33.3. The van der Waals surface area contributed by atoms with Crippen LogP contribution in [0.4, 0.5) is 14.5 Å². The Morgan fingerprint density at radius 2 is 1.75 bits per heavy atom. The van der Waals surface area contributed by atoms with Crippen LogP contribution in [-0.2, 0) is 9.59 Å². The monoisotopic (exact) mass is 455 g/mol. The lowest BCUT2D eigenvalue weighted by Gasteiger charge is -2.25. The first-order chi connectivity index (χ1) is 15.3. The van der Waals surface area contributed by atoms with Crippen LogP contribution in [0.2, 0.25) is 5.02 Å². The third-order valence-corrected chi connectivity index (χ3v) is 5.49. The van der Waals surface area contributed by atoms with Crippen molar-refractivity contribution < 1.29 is 28.2 Å². The van der Waals surface area contributed by atoms with E-state index >= 15 is 0 Å². The maximum atomic E-state index is 14.6. The molecule has 4 rings (SSSR count). The minimum absolute atomic E-state index is 0.0736. The van der Waals surface area contributed by atoms with E-state index in [-0.39, 0.29) is 21.8 Å². The molecule has 1 fully saturated rings. The van der Waals surface area contributed by atoms with Crippen LogP contribution in [0, 0.1) is 11.6 Å². The molecular formula is C24H16ClF2NO4. The van der Waals surface area contributed by atoms with Gasteiger partial charge in [-0.05, 0) is 35.9 Å². The molecule has 0 saturated carbocycles. The van der Waals surface area contributed by atoms with Gasteiger partial charge in [-0.1, -0.05) is 41.9 Å². The van der Waals surface area contributed by atoms with Crippen LogP contribution < -0.4 is 9.64 Å². The number of carbonyl (C=O) groups excluding carboxylic acids is 2. The van der Waals surface area contributed by atoms with Gasteiger partial charge >= 0.3 is 0 Å². The van der Waals surface area contributed by atoms with Crippen molar-refractivity contribution in [1.29, 1.82) is 0 Å². The number of hydrogen-bond acceptors (Lipinski definition) is 4. The lowest BCUT2D eigenvalue weighted by molar-refractivity contribution is -0.132. The molecule has 1 atom stereocenters. The van der Waals surface area contributed by atoms with Crippen LogP contribution in [-0.4, -0.2) is 23.9 Å².